The Hall–Kier alpha value is -3.86. The van der Waals surface area contributed by atoms with Crippen LogP contribution < -0.4 is 42.4 Å². The quantitative estimate of drug-likeness (QED) is 0.0514. The van der Waals surface area contributed by atoms with Crippen LogP contribution in [-0.2, 0) is 20.4 Å². The summed E-state index contributed by atoms with van der Waals surface area (Å²) in [4.78, 5) is 0. The van der Waals surface area contributed by atoms with Crippen LogP contribution in [-0.4, -0.2) is 24.6 Å². The van der Waals surface area contributed by atoms with Crippen molar-refractivity contribution in [2.45, 2.75) is 12.8 Å². The van der Waals surface area contributed by atoms with E-state index < -0.39 is 0 Å². The molecule has 8 aromatic rings. The van der Waals surface area contributed by atoms with Crippen LogP contribution in [0.25, 0.3) is 0 Å². The molecule has 0 saturated carbocycles. The zero-order valence-electron chi connectivity index (χ0n) is 35.4. The Labute approximate surface area is 387 Å². The van der Waals surface area contributed by atoms with E-state index >= 15 is 0 Å². The minimum absolute atomic E-state index is 0. The molecule has 0 nitrogen and oxygen atoms in total. The molecule has 0 unspecified atom stereocenters. The third kappa shape index (κ3) is 15.2. The van der Waals surface area contributed by atoms with Gasteiger partial charge in [0.1, 0.15) is 0 Å². The topological polar surface area (TPSA) is 0 Å². The molecule has 0 atom stereocenters. The van der Waals surface area contributed by atoms with E-state index in [2.05, 4.69) is 243 Å². The monoisotopic (exact) mass is 960 g/mol. The molecule has 0 N–H and O–H groups in total. The van der Waals surface area contributed by atoms with Gasteiger partial charge in [-0.15, -0.1) is 0 Å². The van der Waals surface area contributed by atoms with Crippen molar-refractivity contribution in [3.05, 3.63) is 258 Å². The molecule has 0 heterocycles. The fourth-order valence-corrected chi connectivity index (χ4v) is 17.2. The van der Waals surface area contributed by atoms with Crippen molar-refractivity contribution in [3.63, 3.8) is 0 Å². The third-order valence-electron chi connectivity index (χ3n) is 10.1. The van der Waals surface area contributed by atoms with Crippen molar-refractivity contribution in [2.75, 3.05) is 24.6 Å². The second kappa shape index (κ2) is 28.0. The molecule has 0 bridgehead atoms. The fraction of sp³-hybridized carbons (Fsp3) is 0.107. The molecule has 8 aromatic carbocycles. The van der Waals surface area contributed by atoms with Crippen molar-refractivity contribution in [2.24, 2.45) is 0 Å². The summed E-state index contributed by atoms with van der Waals surface area (Å²) in [7, 11) is -1.24. The summed E-state index contributed by atoms with van der Waals surface area (Å²) in [5.41, 5.74) is 0. The van der Waals surface area contributed by atoms with E-state index in [4.69, 9.17) is 0 Å². The van der Waals surface area contributed by atoms with Crippen molar-refractivity contribution >= 4 is 74.1 Å². The number of hydrogen-bond acceptors (Lipinski definition) is 0. The minimum Gasteiger partial charge on any atom is -0.358 e. The van der Waals surface area contributed by atoms with Gasteiger partial charge >= 0.3 is 20.4 Å². The molecular weight excluding hydrogens is 903 g/mol. The van der Waals surface area contributed by atoms with Gasteiger partial charge in [-0.1, -0.05) is 243 Å². The molecule has 0 fully saturated rings. The standard InChI is InChI=1S/2C27H26P2.2CH3.Pd/c2*1-5-14-24(15-6-1)28(25-16-7-2-8-17-25)22-13-23-29(26-18-9-3-10-19-26)27-20-11-4-12-21-27;;;/h2*1-12,14-21H,13,22-23H2;2*1H3;/q;;2*-1;+2. The molecular formula is C56H58P4Pd. The van der Waals surface area contributed by atoms with Crippen LogP contribution >= 0.6 is 31.7 Å². The number of benzene rings is 8. The van der Waals surface area contributed by atoms with E-state index in [9.17, 15) is 0 Å². The molecule has 0 amide bonds. The first-order valence-corrected chi connectivity index (χ1v) is 26.4. The summed E-state index contributed by atoms with van der Waals surface area (Å²) in [6.45, 7) is 0. The SMILES string of the molecule is [CH3-].[CH3-].[Pd+2].c1ccc(P(CCCP(c2ccccc2)c2ccccc2)c2ccccc2)cc1.c1ccc(P(CCCP(c2ccccc2)c2ccccc2)c2ccccc2)cc1. The first kappa shape index (κ1) is 49.8. The summed E-state index contributed by atoms with van der Waals surface area (Å²) < 4.78 is 0. The van der Waals surface area contributed by atoms with Gasteiger partial charge in [0.2, 0.25) is 0 Å². The average molecular weight is 961 g/mol. The van der Waals surface area contributed by atoms with Crippen molar-refractivity contribution < 1.29 is 20.4 Å². The smallest absolute Gasteiger partial charge is 0.358 e. The second-order valence-electron chi connectivity index (χ2n) is 14.0. The van der Waals surface area contributed by atoms with Crippen LogP contribution in [0.15, 0.2) is 243 Å². The van der Waals surface area contributed by atoms with Gasteiger partial charge in [-0.2, -0.15) is 0 Å². The van der Waals surface area contributed by atoms with Crippen LogP contribution in [0.3, 0.4) is 0 Å². The van der Waals surface area contributed by atoms with Crippen molar-refractivity contribution in [1.29, 1.82) is 0 Å². The molecule has 0 aliphatic carbocycles. The average Bonchev–Trinajstić information content (AvgIpc) is 3.32. The largest absolute Gasteiger partial charge is 2.00 e. The summed E-state index contributed by atoms with van der Waals surface area (Å²) in [6.07, 6.45) is 7.43. The van der Waals surface area contributed by atoms with Crippen LogP contribution in [0.2, 0.25) is 0 Å². The zero-order chi connectivity index (χ0) is 39.5. The van der Waals surface area contributed by atoms with Gasteiger partial charge in [-0.25, -0.2) is 0 Å². The summed E-state index contributed by atoms with van der Waals surface area (Å²) in [6, 6.07) is 88.6. The first-order chi connectivity index (χ1) is 28.8. The summed E-state index contributed by atoms with van der Waals surface area (Å²) in [5, 5.41) is 11.9. The third-order valence-corrected chi connectivity index (χ3v) is 20.5. The molecule has 5 heteroatoms. The van der Waals surface area contributed by atoms with Gasteiger partial charge in [-0.05, 0) is 112 Å². The summed E-state index contributed by atoms with van der Waals surface area (Å²) in [5.74, 6) is 0. The van der Waals surface area contributed by atoms with Crippen molar-refractivity contribution in [1.82, 2.24) is 0 Å². The maximum atomic E-state index is 2.30. The van der Waals surface area contributed by atoms with E-state index in [0.717, 1.165) is 0 Å². The van der Waals surface area contributed by atoms with E-state index in [1.54, 1.807) is 0 Å². The summed E-state index contributed by atoms with van der Waals surface area (Å²) >= 11 is 0. The molecule has 0 radical (unpaired) electrons. The Balaban J connectivity index is 0.000000256. The fourth-order valence-electron chi connectivity index (χ4n) is 7.27. The van der Waals surface area contributed by atoms with Crippen molar-refractivity contribution in [3.8, 4) is 0 Å². The van der Waals surface area contributed by atoms with Crippen LogP contribution in [0, 0.1) is 14.9 Å². The minimum atomic E-state index is -0.309. The van der Waals surface area contributed by atoms with Gasteiger partial charge < -0.3 is 14.9 Å². The Kier molecular flexibility index (Phi) is 22.8. The maximum Gasteiger partial charge on any atom is 2.00 e. The number of hydrogen-bond donors (Lipinski definition) is 0. The zero-order valence-corrected chi connectivity index (χ0v) is 40.6. The van der Waals surface area contributed by atoms with Crippen LogP contribution in [0.4, 0.5) is 0 Å². The van der Waals surface area contributed by atoms with Gasteiger partial charge in [0, 0.05) is 0 Å². The van der Waals surface area contributed by atoms with E-state index in [0.29, 0.717) is 0 Å². The maximum absolute atomic E-state index is 2.30. The molecule has 0 aliphatic heterocycles. The van der Waals surface area contributed by atoms with E-state index in [-0.39, 0.29) is 67.0 Å². The van der Waals surface area contributed by atoms with Gasteiger partial charge in [-0.3, -0.25) is 0 Å². The Morgan fingerprint density at radius 1 is 0.197 bits per heavy atom. The predicted molar refractivity (Wildman–Crippen MR) is 278 cm³/mol. The molecule has 0 saturated heterocycles. The second-order valence-corrected chi connectivity index (χ2v) is 23.3. The normalized spacial score (nSPS) is 10.6. The number of rotatable bonds is 16. The first-order valence-electron chi connectivity index (χ1n) is 20.3. The Morgan fingerprint density at radius 3 is 0.426 bits per heavy atom. The molecule has 61 heavy (non-hydrogen) atoms. The van der Waals surface area contributed by atoms with E-state index in [1.165, 1.54) is 79.9 Å². The molecule has 0 spiro atoms. The molecule has 0 aromatic heterocycles. The van der Waals surface area contributed by atoms with Gasteiger partial charge in [0.05, 0.1) is 0 Å². The Morgan fingerprint density at radius 2 is 0.311 bits per heavy atom. The molecule has 8 rings (SSSR count). The van der Waals surface area contributed by atoms with Crippen LogP contribution in [0.5, 0.6) is 0 Å². The van der Waals surface area contributed by atoms with Crippen LogP contribution in [0.1, 0.15) is 12.8 Å². The van der Waals surface area contributed by atoms with E-state index in [1.807, 2.05) is 0 Å². The van der Waals surface area contributed by atoms with Gasteiger partial charge in [0.15, 0.2) is 0 Å². The molecule has 312 valence electrons. The molecule has 0 aliphatic rings. The predicted octanol–water partition coefficient (Wildman–Crippen LogP) is 12.2. The Bertz CT molecular complexity index is 1790. The van der Waals surface area contributed by atoms with Gasteiger partial charge in [0.25, 0.3) is 0 Å².